The fourth-order valence-electron chi connectivity index (χ4n) is 3.63. The average Bonchev–Trinajstić information content (AvgIpc) is 2.74. The Balaban J connectivity index is 1.36. The fourth-order valence-corrected chi connectivity index (χ4v) is 5.65. The first-order chi connectivity index (χ1) is 14.4. The van der Waals surface area contributed by atoms with Crippen LogP contribution in [-0.4, -0.2) is 56.3 Å². The third kappa shape index (κ3) is 4.57. The number of benzene rings is 3. The highest BCUT2D eigenvalue weighted by atomic mass is 79.9. The van der Waals surface area contributed by atoms with Gasteiger partial charge in [-0.1, -0.05) is 58.4 Å². The topological polar surface area (TPSA) is 69.7 Å². The molecule has 6 nitrogen and oxygen atoms in total. The number of anilines is 1. The molecular formula is C22H22BrN3O3S. The summed E-state index contributed by atoms with van der Waals surface area (Å²) >= 11 is 3.32. The lowest BCUT2D eigenvalue weighted by Gasteiger charge is -2.33. The number of hydrogen-bond acceptors (Lipinski definition) is 4. The van der Waals surface area contributed by atoms with Gasteiger partial charge in [-0.2, -0.15) is 4.31 Å². The summed E-state index contributed by atoms with van der Waals surface area (Å²) in [7, 11) is -3.53. The maximum Gasteiger partial charge on any atom is 0.243 e. The number of rotatable bonds is 5. The molecule has 8 heteroatoms. The number of nitrogens with zero attached hydrogens (tertiary/aromatic N) is 2. The van der Waals surface area contributed by atoms with Crippen LogP contribution >= 0.6 is 15.9 Å². The van der Waals surface area contributed by atoms with Crippen molar-refractivity contribution >= 4 is 48.3 Å². The van der Waals surface area contributed by atoms with Crippen LogP contribution in [0.15, 0.2) is 76.1 Å². The van der Waals surface area contributed by atoms with Crippen molar-refractivity contribution in [1.82, 2.24) is 9.21 Å². The lowest BCUT2D eigenvalue weighted by atomic mass is 10.1. The molecule has 0 unspecified atom stereocenters. The monoisotopic (exact) mass is 487 g/mol. The van der Waals surface area contributed by atoms with Crippen LogP contribution in [-0.2, 0) is 14.8 Å². The number of nitrogens with one attached hydrogen (secondary N) is 1. The van der Waals surface area contributed by atoms with E-state index < -0.39 is 10.0 Å². The zero-order chi connectivity index (χ0) is 21.1. The Morgan fingerprint density at radius 2 is 1.63 bits per heavy atom. The molecule has 0 aliphatic carbocycles. The van der Waals surface area contributed by atoms with Crippen LogP contribution in [0.4, 0.5) is 5.69 Å². The molecule has 1 saturated heterocycles. The molecule has 1 amide bonds. The van der Waals surface area contributed by atoms with E-state index in [2.05, 4.69) is 21.2 Å². The zero-order valence-corrected chi connectivity index (χ0v) is 18.7. The number of amides is 1. The highest BCUT2D eigenvalue weighted by Gasteiger charge is 2.29. The van der Waals surface area contributed by atoms with Gasteiger partial charge in [-0.15, -0.1) is 0 Å². The second-order valence-corrected chi connectivity index (χ2v) is 10.1. The molecule has 0 bridgehead atoms. The van der Waals surface area contributed by atoms with Crippen LogP contribution in [0, 0.1) is 0 Å². The minimum atomic E-state index is -3.53. The number of carbonyl (C=O) groups excluding carboxylic acids is 1. The van der Waals surface area contributed by atoms with Gasteiger partial charge in [-0.05, 0) is 29.7 Å². The molecule has 3 aromatic rings. The van der Waals surface area contributed by atoms with Crippen LogP contribution < -0.4 is 5.32 Å². The van der Waals surface area contributed by atoms with Gasteiger partial charge in [0.15, 0.2) is 0 Å². The first-order valence-electron chi connectivity index (χ1n) is 9.69. The van der Waals surface area contributed by atoms with Gasteiger partial charge in [0.2, 0.25) is 15.9 Å². The molecule has 0 radical (unpaired) electrons. The van der Waals surface area contributed by atoms with Gasteiger partial charge in [0, 0.05) is 41.7 Å². The molecule has 1 fully saturated rings. The summed E-state index contributed by atoms with van der Waals surface area (Å²) in [5.41, 5.74) is 0.786. The Labute approximate surface area is 184 Å². The maximum atomic E-state index is 12.8. The van der Waals surface area contributed by atoms with E-state index in [1.165, 1.54) is 4.31 Å². The molecule has 156 valence electrons. The lowest BCUT2D eigenvalue weighted by molar-refractivity contribution is -0.117. The van der Waals surface area contributed by atoms with E-state index in [-0.39, 0.29) is 17.3 Å². The van der Waals surface area contributed by atoms with Gasteiger partial charge < -0.3 is 5.32 Å². The maximum absolute atomic E-state index is 12.8. The summed E-state index contributed by atoms with van der Waals surface area (Å²) < 4.78 is 27.9. The van der Waals surface area contributed by atoms with Crippen LogP contribution in [0.2, 0.25) is 0 Å². The van der Waals surface area contributed by atoms with Gasteiger partial charge >= 0.3 is 0 Å². The number of carbonyl (C=O) groups is 1. The second kappa shape index (κ2) is 8.85. The van der Waals surface area contributed by atoms with Crippen molar-refractivity contribution in [3.05, 3.63) is 71.2 Å². The molecule has 30 heavy (non-hydrogen) atoms. The SMILES string of the molecule is O=C(CN1CCN(S(=O)(=O)c2cccc(Br)c2)CC1)Nc1cccc2ccccc12. The Morgan fingerprint density at radius 3 is 2.40 bits per heavy atom. The molecule has 0 atom stereocenters. The van der Waals surface area contributed by atoms with Crippen LogP contribution in [0.25, 0.3) is 10.8 Å². The standard InChI is InChI=1S/C22H22BrN3O3S/c23-18-7-4-8-19(15-18)30(28,29)26-13-11-25(12-14-26)16-22(27)24-21-10-3-6-17-5-1-2-9-20(17)21/h1-10,15H,11-14,16H2,(H,24,27). The molecule has 1 aliphatic heterocycles. The molecular weight excluding hydrogens is 466 g/mol. The minimum absolute atomic E-state index is 0.102. The van der Waals surface area contributed by atoms with E-state index in [1.54, 1.807) is 24.3 Å². The molecule has 4 rings (SSSR count). The van der Waals surface area contributed by atoms with Crippen LogP contribution in [0.5, 0.6) is 0 Å². The summed E-state index contributed by atoms with van der Waals surface area (Å²) in [5.74, 6) is -0.102. The molecule has 1 heterocycles. The van der Waals surface area contributed by atoms with Crippen molar-refractivity contribution in [2.24, 2.45) is 0 Å². The van der Waals surface area contributed by atoms with Crippen molar-refractivity contribution in [2.75, 3.05) is 38.0 Å². The smallest absolute Gasteiger partial charge is 0.243 e. The first-order valence-corrected chi connectivity index (χ1v) is 11.9. The van der Waals surface area contributed by atoms with Gasteiger partial charge in [-0.25, -0.2) is 8.42 Å². The van der Waals surface area contributed by atoms with Crippen LogP contribution in [0.1, 0.15) is 0 Å². The van der Waals surface area contributed by atoms with Gasteiger partial charge in [0.1, 0.15) is 0 Å². The Hall–Kier alpha value is -2.26. The highest BCUT2D eigenvalue weighted by molar-refractivity contribution is 9.10. The highest BCUT2D eigenvalue weighted by Crippen LogP contribution is 2.23. The summed E-state index contributed by atoms with van der Waals surface area (Å²) in [6, 6.07) is 20.5. The lowest BCUT2D eigenvalue weighted by Crippen LogP contribution is -2.50. The van der Waals surface area contributed by atoms with Gasteiger partial charge in [0.25, 0.3) is 0 Å². The third-order valence-electron chi connectivity index (χ3n) is 5.20. The van der Waals surface area contributed by atoms with Crippen molar-refractivity contribution in [3.63, 3.8) is 0 Å². The number of halogens is 1. The van der Waals surface area contributed by atoms with Crippen molar-refractivity contribution in [1.29, 1.82) is 0 Å². The second-order valence-electron chi connectivity index (χ2n) is 7.21. The Kier molecular flexibility index (Phi) is 6.19. The number of fused-ring (bicyclic) bond motifs is 1. The number of piperazine rings is 1. The fraction of sp³-hybridized carbons (Fsp3) is 0.227. The summed E-state index contributed by atoms with van der Waals surface area (Å²) in [6.07, 6.45) is 0. The molecule has 3 aromatic carbocycles. The molecule has 1 aliphatic rings. The van der Waals surface area contributed by atoms with E-state index in [1.807, 2.05) is 47.4 Å². The normalized spacial score (nSPS) is 15.9. The zero-order valence-electron chi connectivity index (χ0n) is 16.3. The summed E-state index contributed by atoms with van der Waals surface area (Å²) in [6.45, 7) is 1.97. The number of hydrogen-bond donors (Lipinski definition) is 1. The van der Waals surface area contributed by atoms with E-state index in [0.29, 0.717) is 26.2 Å². The van der Waals surface area contributed by atoms with E-state index >= 15 is 0 Å². The largest absolute Gasteiger partial charge is 0.324 e. The Morgan fingerprint density at radius 1 is 0.933 bits per heavy atom. The van der Waals surface area contributed by atoms with Crippen LogP contribution in [0.3, 0.4) is 0 Å². The first kappa shape index (κ1) is 21.0. The summed E-state index contributed by atoms with van der Waals surface area (Å²) in [5, 5.41) is 5.06. The molecule has 0 spiro atoms. The number of sulfonamides is 1. The van der Waals surface area contributed by atoms with E-state index in [4.69, 9.17) is 0 Å². The predicted molar refractivity (Wildman–Crippen MR) is 122 cm³/mol. The van der Waals surface area contributed by atoms with Crippen molar-refractivity contribution < 1.29 is 13.2 Å². The quantitative estimate of drug-likeness (QED) is 0.597. The van der Waals surface area contributed by atoms with Crippen molar-refractivity contribution in [3.8, 4) is 0 Å². The van der Waals surface area contributed by atoms with Gasteiger partial charge in [0.05, 0.1) is 11.4 Å². The Bertz CT molecular complexity index is 1170. The molecule has 0 saturated carbocycles. The van der Waals surface area contributed by atoms with Gasteiger partial charge in [-0.3, -0.25) is 9.69 Å². The molecule has 0 aromatic heterocycles. The van der Waals surface area contributed by atoms with E-state index in [0.717, 1.165) is 20.9 Å². The summed E-state index contributed by atoms with van der Waals surface area (Å²) in [4.78, 5) is 14.8. The molecule has 1 N–H and O–H groups in total. The third-order valence-corrected chi connectivity index (χ3v) is 7.58. The average molecular weight is 488 g/mol. The van der Waals surface area contributed by atoms with E-state index in [9.17, 15) is 13.2 Å². The predicted octanol–water partition coefficient (Wildman–Crippen LogP) is 3.55. The van der Waals surface area contributed by atoms with Crippen molar-refractivity contribution in [2.45, 2.75) is 4.90 Å². The minimum Gasteiger partial charge on any atom is -0.324 e.